The van der Waals surface area contributed by atoms with Crippen LogP contribution in [-0.4, -0.2) is 29.5 Å². The minimum atomic E-state index is -1.08. The van der Waals surface area contributed by atoms with E-state index < -0.39 is 28.1 Å². The molecule has 0 aliphatic carbocycles. The maximum Gasteiger partial charge on any atom is 0.332 e. The van der Waals surface area contributed by atoms with Gasteiger partial charge >= 0.3 is 5.69 Å². The van der Waals surface area contributed by atoms with E-state index in [1.54, 1.807) is 43.3 Å². The number of hydrogen-bond donors (Lipinski definition) is 1. The molecule has 0 aliphatic heterocycles. The largest absolute Gasteiger partial charge is 0.332 e. The first kappa shape index (κ1) is 21.7. The number of aromatic nitrogens is 4. The van der Waals surface area contributed by atoms with Gasteiger partial charge in [0.1, 0.15) is 11.7 Å². The number of nitrogens with one attached hydrogen (secondary N) is 1. The minimum Gasteiger partial charge on any atom is -0.318 e. The Labute approximate surface area is 186 Å². The number of carbonyl (C=O) groups is 1. The van der Waals surface area contributed by atoms with E-state index in [9.17, 15) is 24.5 Å². The average molecular weight is 448 g/mol. The second-order valence-electron chi connectivity index (χ2n) is 7.61. The Kier molecular flexibility index (Phi) is 5.38. The van der Waals surface area contributed by atoms with Crippen molar-refractivity contribution in [2.45, 2.75) is 13.0 Å². The van der Waals surface area contributed by atoms with Gasteiger partial charge in [-0.15, -0.1) is 0 Å². The van der Waals surface area contributed by atoms with Crippen LogP contribution < -0.4 is 16.6 Å². The standard InChI is InChI=1S/C22H20N6O5/c1-13-9-10-15(16(11-13)28(32)33)24-20(29)17(14-7-5-4-6-8-14)27-12-23-19-18(27)21(30)26(3)22(31)25(19)2/h4-12,17H,1-3H3,(H,24,29). The molecule has 4 aromatic rings. The summed E-state index contributed by atoms with van der Waals surface area (Å²) in [6.45, 7) is 1.71. The number of fused-ring (bicyclic) bond motifs is 1. The molecular formula is C22H20N6O5. The van der Waals surface area contributed by atoms with Gasteiger partial charge in [0.15, 0.2) is 11.2 Å². The lowest BCUT2D eigenvalue weighted by molar-refractivity contribution is -0.384. The van der Waals surface area contributed by atoms with Crippen molar-refractivity contribution in [3.05, 3.63) is 96.9 Å². The van der Waals surface area contributed by atoms with Gasteiger partial charge in [0.25, 0.3) is 17.2 Å². The molecule has 1 atom stereocenters. The van der Waals surface area contributed by atoms with E-state index in [1.807, 2.05) is 0 Å². The Bertz CT molecular complexity index is 1520. The molecule has 33 heavy (non-hydrogen) atoms. The van der Waals surface area contributed by atoms with Gasteiger partial charge in [-0.3, -0.25) is 28.8 Å². The molecule has 0 saturated carbocycles. The van der Waals surface area contributed by atoms with Gasteiger partial charge in [-0.05, 0) is 24.1 Å². The number of carbonyl (C=O) groups excluding carboxylic acids is 1. The first-order chi connectivity index (χ1) is 15.7. The molecule has 1 amide bonds. The Morgan fingerprint density at radius 1 is 1.09 bits per heavy atom. The molecule has 1 unspecified atom stereocenters. The molecule has 0 saturated heterocycles. The second-order valence-corrected chi connectivity index (χ2v) is 7.61. The second kappa shape index (κ2) is 8.19. The van der Waals surface area contributed by atoms with Gasteiger partial charge in [0.2, 0.25) is 0 Å². The van der Waals surface area contributed by atoms with Gasteiger partial charge in [0.05, 0.1) is 11.3 Å². The molecular weight excluding hydrogens is 428 g/mol. The predicted octanol–water partition coefficient (Wildman–Crippen LogP) is 1.88. The molecule has 0 spiro atoms. The van der Waals surface area contributed by atoms with Gasteiger partial charge in [-0.25, -0.2) is 9.78 Å². The molecule has 4 rings (SSSR count). The van der Waals surface area contributed by atoms with Crippen molar-refractivity contribution < 1.29 is 9.72 Å². The van der Waals surface area contributed by atoms with Crippen molar-refractivity contribution in [3.63, 3.8) is 0 Å². The molecule has 0 radical (unpaired) electrons. The van der Waals surface area contributed by atoms with Crippen molar-refractivity contribution in [3.8, 4) is 0 Å². The predicted molar refractivity (Wildman–Crippen MR) is 121 cm³/mol. The summed E-state index contributed by atoms with van der Waals surface area (Å²) in [7, 11) is 2.82. The Balaban J connectivity index is 1.91. The number of hydrogen-bond acceptors (Lipinski definition) is 6. The van der Waals surface area contributed by atoms with Crippen LogP contribution in [-0.2, 0) is 18.9 Å². The number of nitro groups is 1. The summed E-state index contributed by atoms with van der Waals surface area (Å²) in [5.74, 6) is -0.608. The van der Waals surface area contributed by atoms with Crippen LogP contribution in [0.2, 0.25) is 0 Å². The van der Waals surface area contributed by atoms with E-state index in [0.717, 1.165) is 4.57 Å². The van der Waals surface area contributed by atoms with Crippen LogP contribution in [0.15, 0.2) is 64.4 Å². The van der Waals surface area contributed by atoms with Gasteiger partial charge in [-0.2, -0.15) is 0 Å². The molecule has 168 valence electrons. The number of amides is 1. The van der Waals surface area contributed by atoms with Crippen LogP contribution in [0.4, 0.5) is 11.4 Å². The van der Waals surface area contributed by atoms with E-state index >= 15 is 0 Å². The van der Waals surface area contributed by atoms with Crippen LogP contribution >= 0.6 is 0 Å². The molecule has 1 N–H and O–H groups in total. The van der Waals surface area contributed by atoms with Crippen molar-refractivity contribution in [1.29, 1.82) is 0 Å². The zero-order valence-corrected chi connectivity index (χ0v) is 18.1. The normalized spacial score (nSPS) is 12.0. The summed E-state index contributed by atoms with van der Waals surface area (Å²) in [6, 6.07) is 12.0. The molecule has 2 aromatic heterocycles. The molecule has 11 nitrogen and oxygen atoms in total. The number of nitrogens with zero attached hydrogens (tertiary/aromatic N) is 5. The third kappa shape index (κ3) is 3.69. The average Bonchev–Trinajstić information content (AvgIpc) is 3.23. The van der Waals surface area contributed by atoms with Crippen LogP contribution in [0.1, 0.15) is 17.2 Å². The SMILES string of the molecule is Cc1ccc(NC(=O)C(c2ccccc2)n2cnc3c2c(=O)n(C)c(=O)n3C)c([N+](=O)[O-])c1. The van der Waals surface area contributed by atoms with Crippen LogP contribution in [0.3, 0.4) is 0 Å². The molecule has 0 fully saturated rings. The summed E-state index contributed by atoms with van der Waals surface area (Å²) in [5.41, 5.74) is 0.00376. The maximum absolute atomic E-state index is 13.5. The molecule has 0 aliphatic rings. The van der Waals surface area contributed by atoms with Crippen molar-refractivity contribution in [1.82, 2.24) is 18.7 Å². The monoisotopic (exact) mass is 448 g/mol. The van der Waals surface area contributed by atoms with Crippen LogP contribution in [0.5, 0.6) is 0 Å². The van der Waals surface area contributed by atoms with Crippen molar-refractivity contribution in [2.24, 2.45) is 14.1 Å². The number of imidazole rings is 1. The quantitative estimate of drug-likeness (QED) is 0.366. The van der Waals surface area contributed by atoms with E-state index in [1.165, 1.54) is 41.7 Å². The van der Waals surface area contributed by atoms with E-state index in [0.29, 0.717) is 11.1 Å². The molecule has 11 heteroatoms. The zero-order chi connectivity index (χ0) is 23.9. The van der Waals surface area contributed by atoms with Gasteiger partial charge in [0, 0.05) is 20.2 Å². The highest BCUT2D eigenvalue weighted by Gasteiger charge is 2.28. The number of anilines is 1. The molecule has 0 bridgehead atoms. The summed E-state index contributed by atoms with van der Waals surface area (Å²) in [4.78, 5) is 53.9. The lowest BCUT2D eigenvalue weighted by Crippen LogP contribution is -2.38. The zero-order valence-electron chi connectivity index (χ0n) is 18.1. The maximum atomic E-state index is 13.5. The minimum absolute atomic E-state index is 0.0289. The summed E-state index contributed by atoms with van der Waals surface area (Å²) in [5, 5.41) is 14.1. The van der Waals surface area contributed by atoms with Crippen LogP contribution in [0.25, 0.3) is 11.2 Å². The number of rotatable bonds is 5. The highest BCUT2D eigenvalue weighted by molar-refractivity contribution is 5.98. The molecule has 2 aromatic carbocycles. The third-order valence-corrected chi connectivity index (χ3v) is 5.42. The summed E-state index contributed by atoms with van der Waals surface area (Å²) in [6.07, 6.45) is 1.31. The summed E-state index contributed by atoms with van der Waals surface area (Å²) < 4.78 is 3.53. The number of benzene rings is 2. The lowest BCUT2D eigenvalue weighted by Gasteiger charge is -2.20. The topological polar surface area (TPSA) is 134 Å². The smallest absolute Gasteiger partial charge is 0.318 e. The number of aryl methyl sites for hydroxylation is 2. The fraction of sp³-hybridized carbons (Fsp3) is 0.182. The highest BCUT2D eigenvalue weighted by Crippen LogP contribution is 2.28. The Hall–Kier alpha value is -4.54. The van der Waals surface area contributed by atoms with Crippen LogP contribution in [0, 0.1) is 17.0 Å². The highest BCUT2D eigenvalue weighted by atomic mass is 16.6. The Morgan fingerprint density at radius 2 is 1.79 bits per heavy atom. The first-order valence-corrected chi connectivity index (χ1v) is 9.94. The van der Waals surface area contributed by atoms with E-state index in [2.05, 4.69) is 10.3 Å². The van der Waals surface area contributed by atoms with Gasteiger partial charge in [-0.1, -0.05) is 36.4 Å². The van der Waals surface area contributed by atoms with Crippen molar-refractivity contribution >= 4 is 28.4 Å². The van der Waals surface area contributed by atoms with E-state index in [-0.39, 0.29) is 22.5 Å². The number of nitro benzene ring substituents is 1. The van der Waals surface area contributed by atoms with E-state index in [4.69, 9.17) is 0 Å². The fourth-order valence-corrected chi connectivity index (χ4v) is 3.73. The Morgan fingerprint density at radius 3 is 2.45 bits per heavy atom. The van der Waals surface area contributed by atoms with Gasteiger partial charge < -0.3 is 9.88 Å². The van der Waals surface area contributed by atoms with Crippen molar-refractivity contribution in [2.75, 3.05) is 5.32 Å². The third-order valence-electron chi connectivity index (χ3n) is 5.42. The first-order valence-electron chi connectivity index (χ1n) is 9.94. The fourth-order valence-electron chi connectivity index (χ4n) is 3.73. The summed E-state index contributed by atoms with van der Waals surface area (Å²) >= 11 is 0. The molecule has 2 heterocycles. The lowest BCUT2D eigenvalue weighted by atomic mass is 10.1.